The van der Waals surface area contributed by atoms with Crippen LogP contribution >= 0.6 is 0 Å². The Morgan fingerprint density at radius 1 is 1.50 bits per heavy atom. The van der Waals surface area contributed by atoms with E-state index in [9.17, 15) is 4.79 Å². The van der Waals surface area contributed by atoms with Crippen molar-refractivity contribution in [2.45, 2.75) is 19.8 Å². The molecule has 3 atom stereocenters. The van der Waals surface area contributed by atoms with Crippen LogP contribution in [0, 0.1) is 16.7 Å². The SMILES string of the molecule is C[C@@]12C[C@]1(C1C=CC=CC1)COC2=O. The first-order valence-electron chi connectivity index (χ1n) is 5.20. The molecule has 0 N–H and O–H groups in total. The molecule has 2 nitrogen and oxygen atoms in total. The Bertz CT molecular complexity index is 351. The van der Waals surface area contributed by atoms with E-state index in [2.05, 4.69) is 31.2 Å². The summed E-state index contributed by atoms with van der Waals surface area (Å²) in [6.45, 7) is 2.68. The number of carbonyl (C=O) groups is 1. The Morgan fingerprint density at radius 3 is 2.86 bits per heavy atom. The number of cyclic esters (lactones) is 1. The van der Waals surface area contributed by atoms with Crippen molar-refractivity contribution in [1.82, 2.24) is 0 Å². The summed E-state index contributed by atoms with van der Waals surface area (Å²) >= 11 is 0. The summed E-state index contributed by atoms with van der Waals surface area (Å²) in [7, 11) is 0. The summed E-state index contributed by atoms with van der Waals surface area (Å²) < 4.78 is 5.18. The monoisotopic (exact) mass is 190 g/mol. The second kappa shape index (κ2) is 2.30. The molecule has 3 aliphatic rings. The summed E-state index contributed by atoms with van der Waals surface area (Å²) in [6, 6.07) is 0. The third-order valence-electron chi connectivity index (χ3n) is 4.24. The van der Waals surface area contributed by atoms with Gasteiger partial charge in [-0.25, -0.2) is 0 Å². The average molecular weight is 190 g/mol. The molecule has 0 bridgehead atoms. The van der Waals surface area contributed by atoms with Gasteiger partial charge in [0.15, 0.2) is 0 Å². The maximum absolute atomic E-state index is 11.5. The van der Waals surface area contributed by atoms with Crippen LogP contribution in [0.25, 0.3) is 0 Å². The van der Waals surface area contributed by atoms with Gasteiger partial charge in [-0.3, -0.25) is 4.79 Å². The molecule has 1 saturated heterocycles. The Hall–Kier alpha value is -1.05. The number of ether oxygens (including phenoxy) is 1. The largest absolute Gasteiger partial charge is 0.465 e. The molecule has 1 saturated carbocycles. The molecule has 1 unspecified atom stereocenters. The lowest BCUT2D eigenvalue weighted by molar-refractivity contribution is -0.144. The van der Waals surface area contributed by atoms with Gasteiger partial charge in [-0.15, -0.1) is 0 Å². The van der Waals surface area contributed by atoms with Gasteiger partial charge in [-0.1, -0.05) is 24.3 Å². The zero-order valence-electron chi connectivity index (χ0n) is 8.32. The van der Waals surface area contributed by atoms with Gasteiger partial charge in [0, 0.05) is 5.41 Å². The quantitative estimate of drug-likeness (QED) is 0.592. The predicted molar refractivity (Wildman–Crippen MR) is 52.5 cm³/mol. The highest BCUT2D eigenvalue weighted by Crippen LogP contribution is 2.72. The number of rotatable bonds is 1. The van der Waals surface area contributed by atoms with Crippen LogP contribution in [-0.4, -0.2) is 12.6 Å². The minimum Gasteiger partial charge on any atom is -0.465 e. The van der Waals surface area contributed by atoms with E-state index >= 15 is 0 Å². The minimum absolute atomic E-state index is 0.0143. The maximum atomic E-state index is 11.5. The van der Waals surface area contributed by atoms with Gasteiger partial charge in [0.25, 0.3) is 0 Å². The molecule has 2 fully saturated rings. The van der Waals surface area contributed by atoms with Crippen molar-refractivity contribution >= 4 is 5.97 Å². The fourth-order valence-corrected chi connectivity index (χ4v) is 3.06. The molecule has 3 rings (SSSR count). The molecule has 1 aliphatic heterocycles. The molecule has 0 aromatic heterocycles. The number of hydrogen-bond acceptors (Lipinski definition) is 2. The van der Waals surface area contributed by atoms with Crippen LogP contribution in [0.5, 0.6) is 0 Å². The van der Waals surface area contributed by atoms with E-state index < -0.39 is 0 Å². The topological polar surface area (TPSA) is 26.3 Å². The first-order chi connectivity index (χ1) is 6.69. The highest BCUT2D eigenvalue weighted by Gasteiger charge is 2.76. The highest BCUT2D eigenvalue weighted by atomic mass is 16.5. The number of hydrogen-bond donors (Lipinski definition) is 0. The van der Waals surface area contributed by atoms with Gasteiger partial charge in [0.2, 0.25) is 0 Å². The zero-order valence-corrected chi connectivity index (χ0v) is 8.32. The molecule has 0 aromatic carbocycles. The van der Waals surface area contributed by atoms with E-state index in [1.54, 1.807) is 0 Å². The van der Waals surface area contributed by atoms with Crippen molar-refractivity contribution in [2.75, 3.05) is 6.61 Å². The van der Waals surface area contributed by atoms with E-state index in [1.807, 2.05) is 0 Å². The predicted octanol–water partition coefficient (Wildman–Crippen LogP) is 2.07. The molecule has 0 spiro atoms. The van der Waals surface area contributed by atoms with Crippen molar-refractivity contribution in [3.8, 4) is 0 Å². The van der Waals surface area contributed by atoms with Crippen molar-refractivity contribution in [3.63, 3.8) is 0 Å². The lowest BCUT2D eigenvalue weighted by Crippen LogP contribution is -2.21. The minimum atomic E-state index is -0.173. The summed E-state index contributed by atoms with van der Waals surface area (Å²) in [4.78, 5) is 11.5. The Labute approximate surface area is 83.6 Å². The van der Waals surface area contributed by atoms with Crippen LogP contribution < -0.4 is 0 Å². The van der Waals surface area contributed by atoms with Gasteiger partial charge in [-0.2, -0.15) is 0 Å². The van der Waals surface area contributed by atoms with Crippen molar-refractivity contribution in [1.29, 1.82) is 0 Å². The fraction of sp³-hybridized carbons (Fsp3) is 0.583. The van der Waals surface area contributed by atoms with Crippen LogP contribution in [0.3, 0.4) is 0 Å². The van der Waals surface area contributed by atoms with Crippen molar-refractivity contribution in [3.05, 3.63) is 24.3 Å². The van der Waals surface area contributed by atoms with Gasteiger partial charge in [-0.05, 0) is 25.7 Å². The smallest absolute Gasteiger partial charge is 0.312 e. The van der Waals surface area contributed by atoms with E-state index in [0.717, 1.165) is 12.8 Å². The van der Waals surface area contributed by atoms with Gasteiger partial charge < -0.3 is 4.74 Å². The molecular weight excluding hydrogens is 176 g/mol. The molecule has 74 valence electrons. The van der Waals surface area contributed by atoms with Crippen molar-refractivity contribution in [2.24, 2.45) is 16.7 Å². The van der Waals surface area contributed by atoms with Crippen LogP contribution in [0.15, 0.2) is 24.3 Å². The third kappa shape index (κ3) is 0.753. The van der Waals surface area contributed by atoms with E-state index in [4.69, 9.17) is 4.74 Å². The summed E-state index contributed by atoms with van der Waals surface area (Å²) in [5.41, 5.74) is -0.0431. The Balaban J connectivity index is 1.91. The standard InChI is InChI=1S/C12H14O2/c1-11-7-12(11,8-14-10(11)13)9-5-3-2-4-6-9/h2-5,9H,6-8H2,1H3/t9?,11-,12+/m0/s1. The normalized spacial score (nSPS) is 48.9. The fourth-order valence-electron chi connectivity index (χ4n) is 3.06. The van der Waals surface area contributed by atoms with Gasteiger partial charge in [0.05, 0.1) is 12.0 Å². The molecule has 2 aliphatic carbocycles. The summed E-state index contributed by atoms with van der Waals surface area (Å²) in [5, 5.41) is 0. The number of esters is 1. The molecule has 14 heavy (non-hydrogen) atoms. The average Bonchev–Trinajstić information content (AvgIpc) is 2.77. The van der Waals surface area contributed by atoms with E-state index in [-0.39, 0.29) is 16.8 Å². The second-order valence-electron chi connectivity index (χ2n) is 4.90. The maximum Gasteiger partial charge on any atom is 0.312 e. The highest BCUT2D eigenvalue weighted by molar-refractivity contribution is 5.84. The molecular formula is C12H14O2. The number of carbonyl (C=O) groups excluding carboxylic acids is 1. The second-order valence-corrected chi connectivity index (χ2v) is 4.90. The lowest BCUT2D eigenvalue weighted by atomic mass is 9.80. The molecule has 0 radical (unpaired) electrons. The first kappa shape index (κ1) is 8.27. The Morgan fingerprint density at radius 2 is 2.36 bits per heavy atom. The Kier molecular flexibility index (Phi) is 1.36. The van der Waals surface area contributed by atoms with Crippen LogP contribution in [0.4, 0.5) is 0 Å². The molecule has 1 heterocycles. The summed E-state index contributed by atoms with van der Waals surface area (Å²) in [6.07, 6.45) is 10.6. The number of fused-ring (bicyclic) bond motifs is 1. The van der Waals surface area contributed by atoms with Gasteiger partial charge >= 0.3 is 5.97 Å². The first-order valence-corrected chi connectivity index (χ1v) is 5.20. The molecule has 0 aromatic rings. The third-order valence-corrected chi connectivity index (χ3v) is 4.24. The molecule has 2 heteroatoms. The van der Waals surface area contributed by atoms with E-state index in [0.29, 0.717) is 12.5 Å². The van der Waals surface area contributed by atoms with Crippen molar-refractivity contribution < 1.29 is 9.53 Å². The van der Waals surface area contributed by atoms with Crippen LogP contribution in [0.1, 0.15) is 19.8 Å². The lowest BCUT2D eigenvalue weighted by Gasteiger charge is -2.22. The summed E-state index contributed by atoms with van der Waals surface area (Å²) in [5.74, 6) is 0.518. The van der Waals surface area contributed by atoms with E-state index in [1.165, 1.54) is 0 Å². The number of allylic oxidation sites excluding steroid dienone is 4. The zero-order chi connectivity index (χ0) is 9.81. The van der Waals surface area contributed by atoms with Crippen LogP contribution in [0.2, 0.25) is 0 Å². The molecule has 0 amide bonds. The van der Waals surface area contributed by atoms with Crippen LogP contribution in [-0.2, 0) is 9.53 Å². The van der Waals surface area contributed by atoms with Gasteiger partial charge in [0.1, 0.15) is 0 Å².